The fourth-order valence-electron chi connectivity index (χ4n) is 7.44. The lowest BCUT2D eigenvalue weighted by molar-refractivity contribution is -0.572. The van der Waals surface area contributed by atoms with Gasteiger partial charge in [-0.25, -0.2) is 4.98 Å². The van der Waals surface area contributed by atoms with Crippen molar-refractivity contribution >= 4 is 32.8 Å². The third kappa shape index (κ3) is 4.24. The molecule has 5 heteroatoms. The summed E-state index contributed by atoms with van der Waals surface area (Å²) in [6.45, 7) is 11.3. The summed E-state index contributed by atoms with van der Waals surface area (Å²) < 4.78 is 13.3. The molecular weight excluding hydrogens is 589 g/mol. The molecule has 0 atom stereocenters. The minimum Gasteiger partial charge on any atom is -0.458 e. The van der Waals surface area contributed by atoms with E-state index in [1.165, 1.54) is 33.0 Å². The Labute approximate surface area is 280 Å². The lowest BCUT2D eigenvalue weighted by Gasteiger charge is -2.34. The molecule has 8 aromatic rings. The highest BCUT2D eigenvalue weighted by atomic mass is 16.5. The molecule has 0 amide bonds. The Balaban J connectivity index is 1.18. The number of rotatable bonds is 4. The molecule has 0 saturated carbocycles. The molecule has 1 aliphatic rings. The van der Waals surface area contributed by atoms with Crippen molar-refractivity contribution in [3.05, 3.63) is 151 Å². The number of hydrogen-bond donors (Lipinski definition) is 0. The zero-order chi connectivity index (χ0) is 32.8. The maximum absolute atomic E-state index is 6.69. The van der Waals surface area contributed by atoms with E-state index < -0.39 is 0 Å². The number of imidazole rings is 1. The number of hydrogen-bond acceptors (Lipinski definition) is 2. The van der Waals surface area contributed by atoms with E-state index in [1.54, 1.807) is 0 Å². The highest BCUT2D eigenvalue weighted by Crippen LogP contribution is 2.45. The summed E-state index contributed by atoms with van der Waals surface area (Å²) in [4.78, 5) is 4.85. The summed E-state index contributed by atoms with van der Waals surface area (Å²) in [5, 5.41) is 2.36. The first-order valence-corrected chi connectivity index (χ1v) is 16.6. The largest absolute Gasteiger partial charge is 0.458 e. The first kappa shape index (κ1) is 28.5. The van der Waals surface area contributed by atoms with Crippen LogP contribution in [0.3, 0.4) is 0 Å². The molecule has 0 N–H and O–H groups in total. The zero-order valence-electron chi connectivity index (χ0n) is 27.8. The van der Waals surface area contributed by atoms with Crippen LogP contribution in [-0.2, 0) is 10.8 Å². The van der Waals surface area contributed by atoms with Crippen molar-refractivity contribution < 1.29 is 9.30 Å². The molecule has 0 fully saturated rings. The fraction of sp³-hybridized carbons (Fsp3) is 0.163. The van der Waals surface area contributed by atoms with Gasteiger partial charge in [0.25, 0.3) is 6.33 Å². The van der Waals surface area contributed by atoms with Gasteiger partial charge in [0.1, 0.15) is 17.3 Å². The Kier molecular flexibility index (Phi) is 6.04. The number of para-hydroxylation sites is 3. The molecule has 5 aromatic carbocycles. The summed E-state index contributed by atoms with van der Waals surface area (Å²) >= 11 is 0. The molecule has 4 heterocycles. The quantitative estimate of drug-likeness (QED) is 0.144. The first-order chi connectivity index (χ1) is 23.2. The van der Waals surface area contributed by atoms with E-state index in [0.29, 0.717) is 0 Å². The molecule has 1 aliphatic heterocycles. The van der Waals surface area contributed by atoms with Crippen LogP contribution in [-0.4, -0.2) is 14.1 Å². The molecule has 0 spiro atoms. The van der Waals surface area contributed by atoms with Crippen molar-refractivity contribution in [1.29, 1.82) is 0 Å². The summed E-state index contributed by atoms with van der Waals surface area (Å²) in [5.74, 6) is 2.45. The van der Waals surface area contributed by atoms with Gasteiger partial charge in [-0.3, -0.25) is 13.7 Å². The topological polar surface area (TPSA) is 35.9 Å². The van der Waals surface area contributed by atoms with E-state index in [1.807, 2.05) is 12.3 Å². The molecule has 0 aliphatic carbocycles. The van der Waals surface area contributed by atoms with Gasteiger partial charge in [-0.05, 0) is 76.7 Å². The van der Waals surface area contributed by atoms with Crippen molar-refractivity contribution in [3.63, 3.8) is 0 Å². The van der Waals surface area contributed by atoms with Crippen molar-refractivity contribution in [2.75, 3.05) is 0 Å². The SMILES string of the molecule is CC(C)(C)c1ccnc(-n2c3ccccc3c3ccc(Oc4ccc5c(c4)-n4[c-][n+](-c6ccccc6)c6cccc(c64)C5(C)C)cc32)c1. The third-order valence-corrected chi connectivity index (χ3v) is 9.97. The highest BCUT2D eigenvalue weighted by molar-refractivity contribution is 6.09. The van der Waals surface area contributed by atoms with Crippen molar-refractivity contribution in [3.8, 4) is 28.7 Å². The van der Waals surface area contributed by atoms with E-state index >= 15 is 0 Å². The van der Waals surface area contributed by atoms with Gasteiger partial charge in [0.2, 0.25) is 0 Å². The van der Waals surface area contributed by atoms with E-state index in [0.717, 1.165) is 45.2 Å². The van der Waals surface area contributed by atoms with E-state index in [9.17, 15) is 0 Å². The molecule has 3 aromatic heterocycles. The van der Waals surface area contributed by atoms with Crippen LogP contribution >= 0.6 is 0 Å². The summed E-state index contributed by atoms with van der Waals surface area (Å²) in [5.41, 5.74) is 10.2. The van der Waals surface area contributed by atoms with Crippen LogP contribution in [0.2, 0.25) is 0 Å². The minimum absolute atomic E-state index is 0.00926. The predicted octanol–water partition coefficient (Wildman–Crippen LogP) is 9.93. The van der Waals surface area contributed by atoms with Gasteiger partial charge in [-0.1, -0.05) is 95.3 Å². The molecule has 0 saturated heterocycles. The lowest BCUT2D eigenvalue weighted by Crippen LogP contribution is -2.29. The van der Waals surface area contributed by atoms with Crippen LogP contribution in [0.1, 0.15) is 51.3 Å². The summed E-state index contributed by atoms with van der Waals surface area (Å²) in [6.07, 6.45) is 5.60. The lowest BCUT2D eigenvalue weighted by atomic mass is 9.75. The number of nitrogens with zero attached hydrogens (tertiary/aromatic N) is 4. The average molecular weight is 625 g/mol. The van der Waals surface area contributed by atoms with Crippen molar-refractivity contribution in [2.24, 2.45) is 0 Å². The van der Waals surface area contributed by atoms with Crippen LogP contribution in [0.25, 0.3) is 50.0 Å². The van der Waals surface area contributed by atoms with Crippen LogP contribution in [0, 0.1) is 6.33 Å². The molecule has 0 unspecified atom stereocenters. The highest BCUT2D eigenvalue weighted by Gasteiger charge is 2.35. The second-order valence-corrected chi connectivity index (χ2v) is 14.4. The number of benzene rings is 5. The molecule has 5 nitrogen and oxygen atoms in total. The Bertz CT molecular complexity index is 2550. The van der Waals surface area contributed by atoms with Gasteiger partial charge in [-0.15, -0.1) is 0 Å². The van der Waals surface area contributed by atoms with E-state index in [2.05, 4.69) is 170 Å². The van der Waals surface area contributed by atoms with Crippen molar-refractivity contribution in [1.82, 2.24) is 14.1 Å². The molecule has 0 bridgehead atoms. The Morgan fingerprint density at radius 1 is 0.708 bits per heavy atom. The van der Waals surface area contributed by atoms with Crippen LogP contribution in [0.15, 0.2) is 128 Å². The number of pyridine rings is 1. The molecule has 234 valence electrons. The van der Waals surface area contributed by atoms with Gasteiger partial charge >= 0.3 is 0 Å². The van der Waals surface area contributed by atoms with Crippen molar-refractivity contribution in [2.45, 2.75) is 45.4 Å². The molecular formula is C43H36N4O. The second kappa shape index (κ2) is 10.2. The maximum Gasteiger partial charge on any atom is 0.269 e. The number of ether oxygens (including phenoxy) is 1. The molecule has 0 radical (unpaired) electrons. The van der Waals surface area contributed by atoms with Gasteiger partial charge in [0.15, 0.2) is 0 Å². The number of fused-ring (bicyclic) bond motifs is 5. The van der Waals surface area contributed by atoms with Gasteiger partial charge < -0.3 is 4.74 Å². The Morgan fingerprint density at radius 3 is 2.29 bits per heavy atom. The fourth-order valence-corrected chi connectivity index (χ4v) is 7.44. The summed E-state index contributed by atoms with van der Waals surface area (Å²) in [6, 6.07) is 42.7. The smallest absolute Gasteiger partial charge is 0.269 e. The molecule has 9 rings (SSSR count). The second-order valence-electron chi connectivity index (χ2n) is 14.4. The summed E-state index contributed by atoms with van der Waals surface area (Å²) in [7, 11) is 0. The molecule has 48 heavy (non-hydrogen) atoms. The van der Waals surface area contributed by atoms with Crippen LogP contribution in [0.5, 0.6) is 11.5 Å². The van der Waals surface area contributed by atoms with Gasteiger partial charge in [-0.2, -0.15) is 0 Å². The van der Waals surface area contributed by atoms with Gasteiger partial charge in [0.05, 0.1) is 33.4 Å². The van der Waals surface area contributed by atoms with E-state index in [4.69, 9.17) is 9.72 Å². The Morgan fingerprint density at radius 2 is 1.46 bits per heavy atom. The van der Waals surface area contributed by atoms with Crippen LogP contribution in [0.4, 0.5) is 0 Å². The van der Waals surface area contributed by atoms with E-state index in [-0.39, 0.29) is 10.8 Å². The minimum atomic E-state index is -0.196. The zero-order valence-corrected chi connectivity index (χ0v) is 27.8. The third-order valence-electron chi connectivity index (χ3n) is 9.97. The average Bonchev–Trinajstić information content (AvgIpc) is 3.64. The standard InChI is InChI=1S/C43H36N4O/c1-42(2,3)28-22-23-44-40(24-28)47-36-16-10-9-14-32(36)33-20-18-30(25-38(33)47)48-31-19-21-34-39(26-31)46-27-45(29-12-7-6-8-13-29)37-17-11-15-35(41(37)46)43(34,4)5/h6-26H,1-5H3. The number of aromatic nitrogens is 4. The maximum atomic E-state index is 6.69. The van der Waals surface area contributed by atoms with Crippen LogP contribution < -0.4 is 9.30 Å². The van der Waals surface area contributed by atoms with Gasteiger partial charge in [0, 0.05) is 28.5 Å². The monoisotopic (exact) mass is 624 g/mol. The predicted molar refractivity (Wildman–Crippen MR) is 193 cm³/mol. The first-order valence-electron chi connectivity index (χ1n) is 16.6. The Hall–Kier alpha value is -5.68. The normalized spacial score (nSPS) is 13.7.